The molecule has 25 heavy (non-hydrogen) atoms. The number of rotatable bonds is 8. The molecule has 2 aliphatic rings. The Hall–Kier alpha value is 0.0569. The predicted octanol–water partition coefficient (Wildman–Crippen LogP) is 3.41. The highest BCUT2D eigenvalue weighted by molar-refractivity contribution is 6.77. The summed E-state index contributed by atoms with van der Waals surface area (Å²) in [6.45, 7) is 25.6. The van der Waals surface area contributed by atoms with E-state index in [9.17, 15) is 0 Å². The summed E-state index contributed by atoms with van der Waals surface area (Å²) in [6.07, 6.45) is 0. The summed E-state index contributed by atoms with van der Waals surface area (Å²) < 4.78 is 11.0. The van der Waals surface area contributed by atoms with Crippen LogP contribution in [0.3, 0.4) is 0 Å². The van der Waals surface area contributed by atoms with Crippen molar-refractivity contribution in [3.63, 3.8) is 0 Å². The minimum atomic E-state index is -1.26. The Morgan fingerprint density at radius 1 is 0.680 bits per heavy atom. The average Bonchev–Trinajstić information content (AvgIpc) is 2.45. The van der Waals surface area contributed by atoms with Gasteiger partial charge in [-0.25, -0.2) is 0 Å². The van der Waals surface area contributed by atoms with Gasteiger partial charge in [0.1, 0.15) is 0 Å². The van der Waals surface area contributed by atoms with Crippen LogP contribution in [-0.2, 0) is 9.47 Å². The Morgan fingerprint density at radius 2 is 1.00 bits per heavy atom. The Morgan fingerprint density at radius 3 is 1.32 bits per heavy atom. The maximum Gasteiger partial charge on any atom is 0.0594 e. The van der Waals surface area contributed by atoms with Crippen LogP contribution < -0.4 is 0 Å². The number of morpholine rings is 2. The lowest BCUT2D eigenvalue weighted by molar-refractivity contribution is 0.0224. The Bertz CT molecular complexity index is 365. The summed E-state index contributed by atoms with van der Waals surface area (Å²) in [5.41, 5.74) is 0.810. The largest absolute Gasteiger partial charge is 0.379 e. The van der Waals surface area contributed by atoms with Gasteiger partial charge >= 0.3 is 0 Å². The van der Waals surface area contributed by atoms with Gasteiger partial charge in [-0.1, -0.05) is 52.9 Å². The van der Waals surface area contributed by atoms with Gasteiger partial charge in [0.25, 0.3) is 0 Å². The van der Waals surface area contributed by atoms with Crippen LogP contribution in [0.1, 0.15) is 27.7 Å². The molecule has 0 N–H and O–H groups in total. The van der Waals surface area contributed by atoms with Crippen LogP contribution in [0.25, 0.3) is 0 Å². The quantitative estimate of drug-likeness (QED) is 0.611. The first-order valence-corrected chi connectivity index (χ1v) is 13.6. The van der Waals surface area contributed by atoms with Gasteiger partial charge in [-0.2, -0.15) is 0 Å². The number of ether oxygens (including phenoxy) is 2. The van der Waals surface area contributed by atoms with Gasteiger partial charge in [0, 0.05) is 47.3 Å². The van der Waals surface area contributed by atoms with E-state index in [4.69, 9.17) is 9.47 Å². The maximum atomic E-state index is 5.51. The average molecular weight is 371 g/mol. The molecule has 2 fully saturated rings. The van der Waals surface area contributed by atoms with Crippen LogP contribution in [0.5, 0.6) is 0 Å². The van der Waals surface area contributed by atoms with Crippen LogP contribution in [0.2, 0.25) is 25.2 Å². The monoisotopic (exact) mass is 370 g/mol. The highest BCUT2D eigenvalue weighted by Gasteiger charge is 2.37. The zero-order valence-electron chi connectivity index (χ0n) is 17.7. The highest BCUT2D eigenvalue weighted by Crippen LogP contribution is 2.38. The lowest BCUT2D eigenvalue weighted by Gasteiger charge is -2.43. The second kappa shape index (κ2) is 8.83. The third-order valence-electron chi connectivity index (χ3n) is 5.42. The van der Waals surface area contributed by atoms with Gasteiger partial charge in [-0.3, -0.25) is 9.80 Å². The van der Waals surface area contributed by atoms with Crippen molar-refractivity contribution in [1.82, 2.24) is 9.80 Å². The van der Waals surface area contributed by atoms with Crippen molar-refractivity contribution < 1.29 is 9.47 Å². The van der Waals surface area contributed by atoms with Crippen molar-refractivity contribution >= 4 is 8.07 Å². The zero-order valence-corrected chi connectivity index (χ0v) is 18.7. The molecule has 0 radical (unpaired) electrons. The summed E-state index contributed by atoms with van der Waals surface area (Å²) in [4.78, 5) is 5.21. The van der Waals surface area contributed by atoms with Crippen LogP contribution in [0.15, 0.2) is 0 Å². The smallest absolute Gasteiger partial charge is 0.0594 e. The zero-order chi connectivity index (χ0) is 18.6. The molecule has 0 amide bonds. The molecule has 2 rings (SSSR count). The van der Waals surface area contributed by atoms with Gasteiger partial charge in [-0.15, -0.1) is 0 Å². The molecule has 5 heteroatoms. The predicted molar refractivity (Wildman–Crippen MR) is 109 cm³/mol. The number of nitrogens with zero attached hydrogens (tertiary/aromatic N) is 2. The molecule has 2 saturated heterocycles. The minimum Gasteiger partial charge on any atom is -0.379 e. The van der Waals surface area contributed by atoms with E-state index in [1.165, 1.54) is 25.2 Å². The molecule has 2 aliphatic heterocycles. The molecular formula is C20H42N2O2Si. The van der Waals surface area contributed by atoms with E-state index in [0.717, 1.165) is 52.6 Å². The number of hydrogen-bond acceptors (Lipinski definition) is 4. The Labute approximate surface area is 157 Å². The molecule has 0 bridgehead atoms. The summed E-state index contributed by atoms with van der Waals surface area (Å²) >= 11 is 0. The first kappa shape index (κ1) is 21.4. The molecule has 0 spiro atoms. The molecule has 0 atom stereocenters. The fourth-order valence-corrected chi connectivity index (χ4v) is 11.0. The van der Waals surface area contributed by atoms with E-state index in [0.29, 0.717) is 10.8 Å². The molecule has 0 saturated carbocycles. The van der Waals surface area contributed by atoms with E-state index in [1.807, 2.05) is 0 Å². The first-order valence-electron chi connectivity index (χ1n) is 10.2. The van der Waals surface area contributed by atoms with Crippen LogP contribution in [0.4, 0.5) is 0 Å². The maximum absolute atomic E-state index is 5.51. The molecule has 0 aromatic carbocycles. The van der Waals surface area contributed by atoms with Gasteiger partial charge in [0.2, 0.25) is 0 Å². The second-order valence-corrected chi connectivity index (χ2v) is 15.7. The lowest BCUT2D eigenvalue weighted by Crippen LogP contribution is -2.47. The topological polar surface area (TPSA) is 24.9 Å². The van der Waals surface area contributed by atoms with Gasteiger partial charge in [0.05, 0.1) is 26.4 Å². The summed E-state index contributed by atoms with van der Waals surface area (Å²) in [6, 6.07) is 2.81. The van der Waals surface area contributed by atoms with Gasteiger partial charge in [0.15, 0.2) is 0 Å². The van der Waals surface area contributed by atoms with Crippen molar-refractivity contribution in [3.05, 3.63) is 0 Å². The van der Waals surface area contributed by atoms with E-state index >= 15 is 0 Å². The summed E-state index contributed by atoms with van der Waals surface area (Å²) in [7, 11) is -1.26. The van der Waals surface area contributed by atoms with Gasteiger partial charge < -0.3 is 9.47 Å². The molecule has 0 unspecified atom stereocenters. The standard InChI is InChI=1S/C20H42N2O2Si/c1-19(2,15-21-7-11-23-12-8-21)17-25(5,6)18-20(3,4)16-22-9-13-24-14-10-22/h7-18H2,1-6H3. The molecule has 0 aromatic heterocycles. The van der Waals surface area contributed by atoms with E-state index in [-0.39, 0.29) is 0 Å². The fraction of sp³-hybridized carbons (Fsp3) is 1.00. The lowest BCUT2D eigenvalue weighted by atomic mass is 9.95. The summed E-state index contributed by atoms with van der Waals surface area (Å²) in [5, 5.41) is 0. The van der Waals surface area contributed by atoms with E-state index in [2.05, 4.69) is 50.6 Å². The van der Waals surface area contributed by atoms with Crippen LogP contribution in [0, 0.1) is 10.8 Å². The van der Waals surface area contributed by atoms with E-state index in [1.54, 1.807) is 0 Å². The molecule has 0 aromatic rings. The van der Waals surface area contributed by atoms with Crippen LogP contribution in [-0.4, -0.2) is 83.6 Å². The molecule has 0 aliphatic carbocycles. The summed E-state index contributed by atoms with van der Waals surface area (Å²) in [5.74, 6) is 0. The highest BCUT2D eigenvalue weighted by atomic mass is 28.3. The minimum absolute atomic E-state index is 0.405. The van der Waals surface area contributed by atoms with Crippen molar-refractivity contribution in [3.8, 4) is 0 Å². The molecular weight excluding hydrogens is 328 g/mol. The molecule has 4 nitrogen and oxygen atoms in total. The molecule has 2 heterocycles. The van der Waals surface area contributed by atoms with Crippen molar-refractivity contribution in [2.24, 2.45) is 10.8 Å². The van der Waals surface area contributed by atoms with E-state index < -0.39 is 8.07 Å². The van der Waals surface area contributed by atoms with Crippen molar-refractivity contribution in [2.45, 2.75) is 52.9 Å². The SMILES string of the molecule is CC(C)(CN1CCOCC1)C[Si](C)(C)CC(C)(C)CN1CCOCC1. The van der Waals surface area contributed by atoms with Crippen molar-refractivity contribution in [1.29, 1.82) is 0 Å². The first-order chi connectivity index (χ1) is 11.6. The molecule has 148 valence electrons. The normalized spacial score (nSPS) is 22.3. The third-order valence-corrected chi connectivity index (χ3v) is 9.25. The Kier molecular flexibility index (Phi) is 7.54. The van der Waals surface area contributed by atoms with Crippen LogP contribution >= 0.6 is 0 Å². The number of hydrogen-bond donors (Lipinski definition) is 0. The van der Waals surface area contributed by atoms with Crippen molar-refractivity contribution in [2.75, 3.05) is 65.7 Å². The second-order valence-electron chi connectivity index (χ2n) is 10.6. The fourth-order valence-electron chi connectivity index (χ4n) is 5.49. The Balaban J connectivity index is 1.85. The third kappa shape index (κ3) is 8.08. The van der Waals surface area contributed by atoms with Gasteiger partial charge in [-0.05, 0) is 10.8 Å².